The second-order valence-corrected chi connectivity index (χ2v) is 18.3. The van der Waals surface area contributed by atoms with Crippen LogP contribution < -0.4 is 4.90 Å². The van der Waals surface area contributed by atoms with Gasteiger partial charge < -0.3 is 9.88 Å². The van der Waals surface area contributed by atoms with Crippen LogP contribution in [-0.4, -0.2) is 15.0 Å². The molecule has 1 N–H and O–H groups in total. The van der Waals surface area contributed by atoms with Gasteiger partial charge in [0.15, 0.2) is 4.73 Å². The van der Waals surface area contributed by atoms with Gasteiger partial charge in [-0.15, -0.1) is 0 Å². The Morgan fingerprint density at radius 2 is 0.826 bits per heavy atom. The molecule has 0 atom stereocenters. The standard InChI is InChI=1S/C64H41BrN4/c65-64-67-59(42-18-6-2-7-19-42)40-60(68-64)47-23-15-21-44(35-47)43-20-14-22-45(34-43)49-36-48(41-16-4-1-5-17-41)37-50(38-49)46-30-33-58-57(39-46)55-31-32-56-53-27-11-10-26-52(53)54-28-12-13-29-61(54)69(63(56)62(55)66-58)51-24-8-3-9-25-51/h1-40,66H. The summed E-state index contributed by atoms with van der Waals surface area (Å²) in [5.74, 6) is 0. The summed E-state index contributed by atoms with van der Waals surface area (Å²) in [5.41, 5.74) is 23.5. The van der Waals surface area contributed by atoms with Crippen molar-refractivity contribution in [2.24, 2.45) is 0 Å². The Morgan fingerprint density at radius 3 is 1.52 bits per heavy atom. The van der Waals surface area contributed by atoms with Crippen molar-refractivity contribution in [3.63, 3.8) is 0 Å². The number of halogens is 1. The first-order valence-electron chi connectivity index (χ1n) is 23.2. The summed E-state index contributed by atoms with van der Waals surface area (Å²) in [6.07, 6.45) is 0. The van der Waals surface area contributed by atoms with E-state index in [9.17, 15) is 0 Å². The molecule has 2 aromatic heterocycles. The summed E-state index contributed by atoms with van der Waals surface area (Å²) in [4.78, 5) is 15.9. The van der Waals surface area contributed by atoms with Gasteiger partial charge in [-0.25, -0.2) is 9.97 Å². The fourth-order valence-corrected chi connectivity index (χ4v) is 10.6. The van der Waals surface area contributed by atoms with Crippen molar-refractivity contribution in [3.8, 4) is 89.3 Å². The van der Waals surface area contributed by atoms with E-state index in [0.717, 1.165) is 84.0 Å². The summed E-state index contributed by atoms with van der Waals surface area (Å²) >= 11 is 3.58. The van der Waals surface area contributed by atoms with Crippen molar-refractivity contribution in [2.45, 2.75) is 0 Å². The van der Waals surface area contributed by atoms with Gasteiger partial charge in [0.25, 0.3) is 0 Å². The zero-order chi connectivity index (χ0) is 45.8. The van der Waals surface area contributed by atoms with Gasteiger partial charge in [0.2, 0.25) is 0 Å². The quantitative estimate of drug-likeness (QED) is 0.162. The summed E-state index contributed by atoms with van der Waals surface area (Å²) in [7, 11) is 0. The van der Waals surface area contributed by atoms with Crippen LogP contribution in [0.1, 0.15) is 0 Å². The minimum Gasteiger partial charge on any atom is -0.353 e. The molecule has 0 aliphatic carbocycles. The van der Waals surface area contributed by atoms with Crippen molar-refractivity contribution in [1.82, 2.24) is 15.0 Å². The van der Waals surface area contributed by atoms with E-state index in [4.69, 9.17) is 4.98 Å². The van der Waals surface area contributed by atoms with Gasteiger partial charge in [0.05, 0.1) is 28.3 Å². The van der Waals surface area contributed by atoms with E-state index in [-0.39, 0.29) is 0 Å². The molecule has 13 rings (SSSR count). The summed E-state index contributed by atoms with van der Waals surface area (Å²) < 4.78 is 0.561. The lowest BCUT2D eigenvalue weighted by molar-refractivity contribution is 1.12. The molecule has 4 nitrogen and oxygen atoms in total. The maximum absolute atomic E-state index is 4.80. The molecule has 0 bridgehead atoms. The van der Waals surface area contributed by atoms with Crippen molar-refractivity contribution in [1.29, 1.82) is 0 Å². The molecular weight excluding hydrogens is 905 g/mol. The van der Waals surface area contributed by atoms with E-state index in [0.29, 0.717) is 4.73 Å². The largest absolute Gasteiger partial charge is 0.353 e. The van der Waals surface area contributed by atoms with Gasteiger partial charge in [0.1, 0.15) is 0 Å². The molecular formula is C64H41BrN4. The minimum atomic E-state index is 0.561. The molecule has 1 aliphatic rings. The molecule has 0 unspecified atom stereocenters. The smallest absolute Gasteiger partial charge is 0.197 e. The number of benzene rings is 10. The van der Waals surface area contributed by atoms with Gasteiger partial charge >= 0.3 is 0 Å². The highest BCUT2D eigenvalue weighted by Crippen LogP contribution is 2.53. The Labute approximate surface area is 409 Å². The number of fused-ring (bicyclic) bond motifs is 9. The van der Waals surface area contributed by atoms with Crippen molar-refractivity contribution < 1.29 is 0 Å². The monoisotopic (exact) mass is 944 g/mol. The van der Waals surface area contributed by atoms with Crippen LogP contribution in [-0.2, 0) is 0 Å². The Balaban J connectivity index is 0.934. The van der Waals surface area contributed by atoms with Crippen LogP contribution in [0, 0.1) is 0 Å². The molecule has 0 spiro atoms. The highest BCUT2D eigenvalue weighted by molar-refractivity contribution is 9.10. The van der Waals surface area contributed by atoms with Crippen LogP contribution in [0.3, 0.4) is 0 Å². The maximum atomic E-state index is 4.80. The van der Waals surface area contributed by atoms with Crippen LogP contribution in [0.5, 0.6) is 0 Å². The van der Waals surface area contributed by atoms with E-state index in [1.807, 2.05) is 18.2 Å². The third-order valence-electron chi connectivity index (χ3n) is 13.5. The zero-order valence-electron chi connectivity index (χ0n) is 37.3. The average Bonchev–Trinajstić information content (AvgIpc) is 3.74. The van der Waals surface area contributed by atoms with Crippen molar-refractivity contribution >= 4 is 54.8 Å². The maximum Gasteiger partial charge on any atom is 0.197 e. The Bertz CT molecular complexity index is 3920. The number of aromatic amines is 1. The number of rotatable bonds is 7. The molecule has 0 radical (unpaired) electrons. The third-order valence-corrected chi connectivity index (χ3v) is 13.8. The van der Waals surface area contributed by atoms with Gasteiger partial charge in [0, 0.05) is 44.2 Å². The second-order valence-electron chi connectivity index (χ2n) is 17.6. The molecule has 3 heterocycles. The third kappa shape index (κ3) is 7.32. The topological polar surface area (TPSA) is 44.8 Å². The van der Waals surface area contributed by atoms with E-state index >= 15 is 0 Å². The van der Waals surface area contributed by atoms with Crippen LogP contribution in [0.25, 0.3) is 111 Å². The number of para-hydroxylation sites is 2. The molecule has 1 aliphatic heterocycles. The van der Waals surface area contributed by atoms with Gasteiger partial charge in [-0.05, 0) is 138 Å². The lowest BCUT2D eigenvalue weighted by atomic mass is 9.91. The van der Waals surface area contributed by atoms with Crippen molar-refractivity contribution in [3.05, 3.63) is 247 Å². The van der Waals surface area contributed by atoms with E-state index in [1.54, 1.807) is 0 Å². The van der Waals surface area contributed by atoms with Crippen LogP contribution in [0.15, 0.2) is 247 Å². The predicted molar refractivity (Wildman–Crippen MR) is 291 cm³/mol. The number of H-pyrrole nitrogens is 1. The number of anilines is 3. The van der Waals surface area contributed by atoms with Crippen molar-refractivity contribution in [2.75, 3.05) is 4.90 Å². The Morgan fingerprint density at radius 1 is 0.333 bits per heavy atom. The molecule has 0 saturated heterocycles. The Hall–Kier alpha value is -8.64. The van der Waals surface area contributed by atoms with E-state index in [1.165, 1.54) is 44.2 Å². The fraction of sp³-hybridized carbons (Fsp3) is 0. The molecule has 0 fully saturated rings. The molecule has 0 amide bonds. The normalized spacial score (nSPS) is 11.8. The minimum absolute atomic E-state index is 0.561. The average molecular weight is 946 g/mol. The first-order chi connectivity index (χ1) is 34.1. The SMILES string of the molecule is Brc1nc(-c2ccccc2)cc(-c2cccc(-c3cccc(-c4cc(-c5ccccc5)cc(-c5ccc6[nH]c7c8c(ccc7c6c5)-c5ccccc5-c5ccccc5N8c5ccccc5)c4)c3)c2)n1. The van der Waals surface area contributed by atoms with Gasteiger partial charge in [-0.3, -0.25) is 0 Å². The number of nitrogens with zero attached hydrogens (tertiary/aromatic N) is 3. The number of nitrogens with one attached hydrogen (secondary N) is 1. The van der Waals surface area contributed by atoms with Crippen LogP contribution in [0.2, 0.25) is 0 Å². The lowest BCUT2D eigenvalue weighted by Crippen LogP contribution is -2.11. The molecule has 12 aromatic rings. The summed E-state index contributed by atoms with van der Waals surface area (Å²) in [5, 5.41) is 2.37. The first-order valence-corrected chi connectivity index (χ1v) is 24.0. The number of hydrogen-bond donors (Lipinski definition) is 1. The highest BCUT2D eigenvalue weighted by atomic mass is 79.9. The second kappa shape index (κ2) is 16.9. The Kier molecular flexibility index (Phi) is 9.95. The number of aromatic nitrogens is 3. The van der Waals surface area contributed by atoms with Crippen LogP contribution >= 0.6 is 15.9 Å². The molecule has 5 heteroatoms. The summed E-state index contributed by atoms with van der Waals surface area (Å²) in [6, 6.07) is 87.4. The van der Waals surface area contributed by atoms with Crippen LogP contribution in [0.4, 0.5) is 17.1 Å². The molecule has 0 saturated carbocycles. The molecule has 324 valence electrons. The fourth-order valence-electron chi connectivity index (χ4n) is 10.2. The summed E-state index contributed by atoms with van der Waals surface area (Å²) in [6.45, 7) is 0. The number of hydrogen-bond acceptors (Lipinski definition) is 3. The molecule has 69 heavy (non-hydrogen) atoms. The van der Waals surface area contributed by atoms with E-state index in [2.05, 4.69) is 255 Å². The highest BCUT2D eigenvalue weighted by Gasteiger charge is 2.28. The predicted octanol–water partition coefficient (Wildman–Crippen LogP) is 18.0. The first kappa shape index (κ1) is 40.6. The van der Waals surface area contributed by atoms with Gasteiger partial charge in [-0.2, -0.15) is 0 Å². The zero-order valence-corrected chi connectivity index (χ0v) is 38.9. The van der Waals surface area contributed by atoms with E-state index < -0.39 is 0 Å². The van der Waals surface area contributed by atoms with Gasteiger partial charge in [-0.1, -0.05) is 176 Å². The molecule has 10 aromatic carbocycles. The lowest BCUT2D eigenvalue weighted by Gasteiger charge is -2.27.